The summed E-state index contributed by atoms with van der Waals surface area (Å²) in [5.74, 6) is 0.132. The number of benzene rings is 1. The molecule has 7 heteroatoms. The lowest BCUT2D eigenvalue weighted by atomic mass is 10.3. The minimum Gasteiger partial charge on any atom is -0.497 e. The maximum Gasteiger partial charge on any atom is 0.306 e. The van der Waals surface area contributed by atoms with Crippen LogP contribution in [0.1, 0.15) is 6.42 Å². The Morgan fingerprint density at radius 3 is 2.26 bits per heavy atom. The molecule has 0 amide bonds. The number of rotatable bonds is 6. The van der Waals surface area contributed by atoms with Crippen molar-refractivity contribution < 1.29 is 22.7 Å². The lowest BCUT2D eigenvalue weighted by molar-refractivity contribution is -0.140. The van der Waals surface area contributed by atoms with Crippen LogP contribution in [0.5, 0.6) is 5.75 Å². The topological polar surface area (TPSA) is 72.9 Å². The van der Waals surface area contributed by atoms with Gasteiger partial charge >= 0.3 is 5.97 Å². The molecule has 0 heterocycles. The number of esters is 1. The van der Waals surface area contributed by atoms with Crippen molar-refractivity contribution in [2.75, 3.05) is 27.8 Å². The third-order valence-corrected chi connectivity index (χ3v) is 4.50. The number of ether oxygens (including phenoxy) is 2. The Morgan fingerprint density at radius 1 is 1.21 bits per heavy atom. The number of carbonyl (C=O) groups is 1. The first kappa shape index (κ1) is 15.5. The normalized spacial score (nSPS) is 11.4. The average molecular weight is 287 g/mol. The molecule has 6 nitrogen and oxygen atoms in total. The van der Waals surface area contributed by atoms with Gasteiger partial charge in [0, 0.05) is 13.6 Å². The summed E-state index contributed by atoms with van der Waals surface area (Å²) in [5.41, 5.74) is 0. The van der Waals surface area contributed by atoms with Gasteiger partial charge < -0.3 is 9.47 Å². The maximum absolute atomic E-state index is 12.2. The molecule has 0 saturated carbocycles. The number of hydrogen-bond donors (Lipinski definition) is 0. The summed E-state index contributed by atoms with van der Waals surface area (Å²) >= 11 is 0. The third-order valence-electron chi connectivity index (χ3n) is 2.63. The molecule has 1 rings (SSSR count). The van der Waals surface area contributed by atoms with E-state index in [0.717, 1.165) is 4.31 Å². The van der Waals surface area contributed by atoms with Crippen LogP contribution in [-0.4, -0.2) is 46.5 Å². The molecule has 0 atom stereocenters. The Morgan fingerprint density at radius 2 is 1.79 bits per heavy atom. The van der Waals surface area contributed by atoms with E-state index in [2.05, 4.69) is 4.74 Å². The second kappa shape index (κ2) is 6.53. The Hall–Kier alpha value is -1.60. The molecule has 0 bridgehead atoms. The first-order chi connectivity index (χ1) is 8.91. The minimum absolute atomic E-state index is 0.0163. The fourth-order valence-corrected chi connectivity index (χ4v) is 2.57. The highest BCUT2D eigenvalue weighted by Crippen LogP contribution is 2.18. The largest absolute Gasteiger partial charge is 0.497 e. The summed E-state index contributed by atoms with van der Waals surface area (Å²) in [6, 6.07) is 6.06. The van der Waals surface area contributed by atoms with Crippen molar-refractivity contribution in [3.05, 3.63) is 24.3 Å². The van der Waals surface area contributed by atoms with Crippen LogP contribution >= 0.6 is 0 Å². The van der Waals surface area contributed by atoms with Gasteiger partial charge in [0.1, 0.15) is 5.75 Å². The van der Waals surface area contributed by atoms with Crippen molar-refractivity contribution in [3.63, 3.8) is 0 Å². The number of hydrogen-bond acceptors (Lipinski definition) is 5. The van der Waals surface area contributed by atoms with Gasteiger partial charge in [0.25, 0.3) is 0 Å². The van der Waals surface area contributed by atoms with Crippen LogP contribution in [0.3, 0.4) is 0 Å². The predicted molar refractivity (Wildman–Crippen MR) is 69.4 cm³/mol. The summed E-state index contributed by atoms with van der Waals surface area (Å²) in [6.45, 7) is 0.0705. The van der Waals surface area contributed by atoms with Gasteiger partial charge in [-0.05, 0) is 24.3 Å². The van der Waals surface area contributed by atoms with Crippen LogP contribution in [0.2, 0.25) is 0 Å². The molecule has 0 unspecified atom stereocenters. The summed E-state index contributed by atoms with van der Waals surface area (Å²) in [7, 11) is 0.591. The van der Waals surface area contributed by atoms with Crippen LogP contribution in [0.15, 0.2) is 29.2 Å². The molecule has 0 spiro atoms. The van der Waals surface area contributed by atoms with Crippen LogP contribution in [0.25, 0.3) is 0 Å². The van der Waals surface area contributed by atoms with Crippen LogP contribution < -0.4 is 4.74 Å². The van der Waals surface area contributed by atoms with Gasteiger partial charge in [-0.1, -0.05) is 0 Å². The summed E-state index contributed by atoms with van der Waals surface area (Å²) < 4.78 is 34.9. The molecule has 0 saturated heterocycles. The SMILES string of the molecule is COC(=O)CCN(C)S(=O)(=O)c1ccc(OC)cc1. The van der Waals surface area contributed by atoms with Crippen molar-refractivity contribution in [3.8, 4) is 5.75 Å². The zero-order valence-corrected chi connectivity index (χ0v) is 11.9. The first-order valence-corrected chi connectivity index (χ1v) is 7.03. The smallest absolute Gasteiger partial charge is 0.306 e. The first-order valence-electron chi connectivity index (χ1n) is 5.59. The van der Waals surface area contributed by atoms with Crippen LogP contribution in [0.4, 0.5) is 0 Å². The molecule has 106 valence electrons. The quantitative estimate of drug-likeness (QED) is 0.726. The molecule has 0 aliphatic rings. The van der Waals surface area contributed by atoms with Crippen LogP contribution in [0, 0.1) is 0 Å². The van der Waals surface area contributed by atoms with Gasteiger partial charge in [0.2, 0.25) is 10.0 Å². The Labute approximate surface area is 113 Å². The van der Waals surface area contributed by atoms with Gasteiger partial charge in [-0.15, -0.1) is 0 Å². The monoisotopic (exact) mass is 287 g/mol. The van der Waals surface area contributed by atoms with E-state index in [1.54, 1.807) is 12.1 Å². The van der Waals surface area contributed by atoms with E-state index in [9.17, 15) is 13.2 Å². The van der Waals surface area contributed by atoms with Crippen molar-refractivity contribution in [2.24, 2.45) is 0 Å². The number of nitrogens with zero attached hydrogens (tertiary/aromatic N) is 1. The molecule has 0 aliphatic carbocycles. The van der Waals surface area contributed by atoms with Gasteiger partial charge in [0.15, 0.2) is 0 Å². The van der Waals surface area contributed by atoms with E-state index < -0.39 is 16.0 Å². The Bertz CT molecular complexity index is 524. The molecule has 0 aliphatic heterocycles. The zero-order chi connectivity index (χ0) is 14.5. The summed E-state index contributed by atoms with van der Waals surface area (Å²) in [4.78, 5) is 11.2. The van der Waals surface area contributed by atoms with Crippen molar-refractivity contribution in [2.45, 2.75) is 11.3 Å². The van der Waals surface area contributed by atoms with E-state index in [-0.39, 0.29) is 17.9 Å². The summed E-state index contributed by atoms with van der Waals surface area (Å²) in [5, 5.41) is 0. The van der Waals surface area contributed by atoms with Gasteiger partial charge in [-0.2, -0.15) is 0 Å². The molecule has 0 aromatic heterocycles. The van der Waals surface area contributed by atoms with Crippen molar-refractivity contribution in [1.29, 1.82) is 0 Å². The van der Waals surface area contributed by atoms with E-state index in [1.807, 2.05) is 0 Å². The lowest BCUT2D eigenvalue weighted by Crippen LogP contribution is -2.29. The van der Waals surface area contributed by atoms with E-state index in [4.69, 9.17) is 4.74 Å². The minimum atomic E-state index is -3.60. The highest BCUT2D eigenvalue weighted by atomic mass is 32.2. The fraction of sp³-hybridized carbons (Fsp3) is 0.417. The molecular formula is C12H17NO5S. The van der Waals surface area contributed by atoms with E-state index >= 15 is 0 Å². The molecule has 0 fully saturated rings. The number of sulfonamides is 1. The second-order valence-corrected chi connectivity index (χ2v) is 5.87. The molecule has 0 N–H and O–H groups in total. The fourth-order valence-electron chi connectivity index (χ4n) is 1.40. The molecule has 1 aromatic carbocycles. The highest BCUT2D eigenvalue weighted by molar-refractivity contribution is 7.89. The molecule has 0 radical (unpaired) electrons. The Balaban J connectivity index is 2.81. The molecule has 1 aromatic rings. The molecular weight excluding hydrogens is 270 g/mol. The van der Waals surface area contributed by atoms with Gasteiger partial charge in [-0.25, -0.2) is 12.7 Å². The highest BCUT2D eigenvalue weighted by Gasteiger charge is 2.21. The number of carbonyl (C=O) groups excluding carboxylic acids is 1. The third kappa shape index (κ3) is 3.93. The zero-order valence-electron chi connectivity index (χ0n) is 11.1. The summed E-state index contributed by atoms with van der Waals surface area (Å²) in [6.07, 6.45) is 0.0163. The maximum atomic E-state index is 12.2. The molecule has 19 heavy (non-hydrogen) atoms. The predicted octanol–water partition coefficient (Wildman–Crippen LogP) is 0.879. The standard InChI is InChI=1S/C12H17NO5S/c1-13(9-8-12(14)18-3)19(15,16)11-6-4-10(17-2)5-7-11/h4-7H,8-9H2,1-3H3. The van der Waals surface area contributed by atoms with E-state index in [0.29, 0.717) is 5.75 Å². The van der Waals surface area contributed by atoms with E-state index in [1.165, 1.54) is 33.4 Å². The van der Waals surface area contributed by atoms with Crippen molar-refractivity contribution in [1.82, 2.24) is 4.31 Å². The Kier molecular flexibility index (Phi) is 5.31. The van der Waals surface area contributed by atoms with Crippen LogP contribution in [-0.2, 0) is 19.6 Å². The number of methoxy groups -OCH3 is 2. The lowest BCUT2D eigenvalue weighted by Gasteiger charge is -2.16. The van der Waals surface area contributed by atoms with Gasteiger partial charge in [0.05, 0.1) is 25.5 Å². The van der Waals surface area contributed by atoms with Gasteiger partial charge in [-0.3, -0.25) is 4.79 Å². The average Bonchev–Trinajstić information content (AvgIpc) is 2.44. The second-order valence-electron chi connectivity index (χ2n) is 3.83. The van der Waals surface area contributed by atoms with Crippen molar-refractivity contribution >= 4 is 16.0 Å².